The molecular weight excluding hydrogens is 1880 g/mol. The Morgan fingerprint density at radius 2 is 0.772 bits per heavy atom. The van der Waals surface area contributed by atoms with Crippen LogP contribution in [0.15, 0.2) is 0 Å². The number of nitrogens with zero attached hydrogens (tertiary/aromatic N) is 6. The molecule has 0 aliphatic carbocycles. The molecule has 2 heterocycles. The van der Waals surface area contributed by atoms with Crippen LogP contribution in [0.5, 0.6) is 0 Å². The van der Waals surface area contributed by atoms with Gasteiger partial charge < -0.3 is 19.6 Å². The Hall–Kier alpha value is -6.14. The van der Waals surface area contributed by atoms with Crippen LogP contribution in [0, 0.1) is 59.2 Å². The molecule has 0 fully saturated rings. The lowest BCUT2D eigenvalue weighted by atomic mass is 10.1. The van der Waals surface area contributed by atoms with E-state index in [9.17, 15) is 116 Å². The monoisotopic (exact) mass is 2030 g/mol. The average Bonchev–Trinajstić information content (AvgIpc) is 1.59. The van der Waals surface area contributed by atoms with Gasteiger partial charge in [0.15, 0.2) is 31.3 Å². The average molecular weight is 2030 g/mol. The highest BCUT2D eigenvalue weighted by molar-refractivity contribution is 7.92. The SMILES string of the molecule is CC(=O)CS(=O)(=O)C(C)C.CC(=O)CS(=O)(=O)CC(C)C.CC(=O)NC(=O)C(C)C.CC(=O)NC(=O)CC(C)C.CC(C)C(=O)NS(C)(=O)=O.CC(C)C(=O)NS(C)=O.CC(C)CC(=O)NS(C)(=O)=O.CC(C)CC(=O)NS(C)=O.CC(C)CP(=O)(O)O.CC(C)CS(=O)(=O)O.CC(C)Cc1nn[nH]n1.CC(C)P(=O)(O)O.CC(C)S(=O)(=O)O.CC(C)c1nn[nH]n1. The van der Waals surface area contributed by atoms with Crippen molar-refractivity contribution in [3.8, 4) is 0 Å². The summed E-state index contributed by atoms with van der Waals surface area (Å²) in [5.74, 6) is -0.473. The number of nitrogens with one attached hydrogen (secondary N) is 8. The highest BCUT2D eigenvalue weighted by Crippen LogP contribution is 2.40. The minimum atomic E-state index is -3.74. The van der Waals surface area contributed by atoms with E-state index in [1.54, 1.807) is 83.1 Å². The minimum Gasteiger partial charge on any atom is -0.324 e. The number of carbonyl (C=O) groups excluding carboxylic acids is 10. The summed E-state index contributed by atoms with van der Waals surface area (Å²) in [6.45, 7) is 54.7. The molecule has 0 aromatic carbocycles. The third-order valence-corrected chi connectivity index (χ3v) is 22.7. The normalized spacial score (nSPS) is 11.7. The van der Waals surface area contributed by atoms with E-state index in [4.69, 9.17) is 28.7 Å². The number of sulfone groups is 2. The van der Waals surface area contributed by atoms with E-state index in [1.165, 1.54) is 67.9 Å². The van der Waals surface area contributed by atoms with E-state index in [0.717, 1.165) is 30.6 Å². The summed E-state index contributed by atoms with van der Waals surface area (Å²) >= 11 is 0. The minimum absolute atomic E-state index is 0.00463. The number of amides is 8. The lowest BCUT2D eigenvalue weighted by molar-refractivity contribution is -0.132. The predicted molar refractivity (Wildman–Crippen MR) is 493 cm³/mol. The van der Waals surface area contributed by atoms with E-state index in [-0.39, 0.29) is 124 Å². The summed E-state index contributed by atoms with van der Waals surface area (Å²) in [5, 5.41) is 30.0. The number of ketones is 2. The molecular formula is C71H154N14O32P2S8. The van der Waals surface area contributed by atoms with Crippen LogP contribution in [-0.4, -0.2) is 258 Å². The summed E-state index contributed by atoms with van der Waals surface area (Å²) in [6.07, 6.45) is 6.78. The summed E-state index contributed by atoms with van der Waals surface area (Å²) in [5.41, 5.74) is -0.535. The Balaban J connectivity index is -0.000000112. The third-order valence-electron chi connectivity index (χ3n) is 11.5. The van der Waals surface area contributed by atoms with Crippen molar-refractivity contribution in [3.05, 3.63) is 11.6 Å². The van der Waals surface area contributed by atoms with Crippen molar-refractivity contribution in [2.75, 3.05) is 54.2 Å². The maximum atomic E-state index is 11.0. The van der Waals surface area contributed by atoms with Crippen molar-refractivity contribution >= 4 is 156 Å². The molecule has 2 rings (SSSR count). The standard InChI is InChI=1S/C7H13NO2.C7H14O3S.C6H13NO3S.C6H13NO2S.C6H11NO2.C6H12O3S.C5H10N4.C5H11NO3S.C5H11NO2S.C4H8N4.C4H11O3P.C4H10O3S.C3H9O3P.C3H8O3S/c1-5(2)4-7(10)8-6(3)9;1-6(2)4-11(9,10)5-7(3)8;1-5(2)4-6(8)7-11(3,9)10;1-5(2)4-6(8)7-10(3)9;1-4(2)6(9)7-5(3)8;1-5(2)10(8,9)4-6(3)7;1-4(2)3-5-6-8-9-7-5;1-4(2)5(7)6-10(3,8)9;1-4(2)5(7)6-9(3)8;1-3(2)4-5-7-8-6-4;2*1-4(2)3-8(5,6)7;2*1-3(2)7(4,5)6/h5H,4H2,1-3H3,(H,8,9,10);6H,4-5H2,1-3H3;5H,4H2,1-3H3,(H,7,8);5H,4H2,1-3H3,(H,7,8);4H,1-3H3,(H,7,8,9);5H,4H2,1-3H3;4H,3H2,1-2H3,(H,6,7,8,9);4H,1-3H3,(H,6,7);4H,1-3H3,(H,6,7);3H,1-2H3,(H,5,6,7,8);4H,3H2,1-2H3,(H2,5,6,7);4H,3H2,1-2H3,(H,5,6,7);3H,1-2H3,(H2,4,5,6);3H,1-2H3,(H,4,5,6). The van der Waals surface area contributed by atoms with Gasteiger partial charge in [-0.1, -0.05) is 177 Å². The van der Waals surface area contributed by atoms with Crippen LogP contribution in [0.2, 0.25) is 0 Å². The molecule has 2 atom stereocenters. The Morgan fingerprint density at radius 3 is 0.945 bits per heavy atom. The number of hydrogen-bond acceptors (Lipinski definition) is 32. The fraction of sp³-hybridized carbons (Fsp3) is 0.831. The lowest BCUT2D eigenvalue weighted by Crippen LogP contribution is -2.32. The van der Waals surface area contributed by atoms with Crippen LogP contribution in [0.4, 0.5) is 0 Å². The molecule has 0 spiro atoms. The fourth-order valence-corrected chi connectivity index (χ4v) is 12.4. The second-order valence-corrected chi connectivity index (χ2v) is 50.3. The Morgan fingerprint density at radius 1 is 0.425 bits per heavy atom. The first kappa shape index (κ1) is 147. The predicted octanol–water partition coefficient (Wildman–Crippen LogP) is 5.29. The van der Waals surface area contributed by atoms with Gasteiger partial charge in [0, 0.05) is 75.7 Å². The highest BCUT2D eigenvalue weighted by Gasteiger charge is 2.21. The van der Waals surface area contributed by atoms with E-state index in [0.29, 0.717) is 36.5 Å². The van der Waals surface area contributed by atoms with Crippen molar-refractivity contribution < 1.29 is 145 Å². The van der Waals surface area contributed by atoms with E-state index >= 15 is 0 Å². The van der Waals surface area contributed by atoms with Crippen LogP contribution in [0.25, 0.3) is 0 Å². The zero-order chi connectivity index (χ0) is 104. The number of H-pyrrole nitrogens is 2. The molecule has 127 heavy (non-hydrogen) atoms. The molecule has 0 saturated carbocycles. The summed E-state index contributed by atoms with van der Waals surface area (Å²) < 4.78 is 191. The molecule has 0 aliphatic rings. The first-order chi connectivity index (χ1) is 56.3. The highest BCUT2D eigenvalue weighted by atomic mass is 32.2. The Bertz CT molecular complexity index is 4220. The van der Waals surface area contributed by atoms with Gasteiger partial charge in [0.2, 0.25) is 67.3 Å². The summed E-state index contributed by atoms with van der Waals surface area (Å²) in [6, 6.07) is 0. The number of sulfonamides is 2. The van der Waals surface area contributed by atoms with Gasteiger partial charge in [0.05, 0.1) is 46.3 Å². The number of aromatic nitrogens is 8. The van der Waals surface area contributed by atoms with Crippen molar-refractivity contribution in [1.82, 2.24) is 70.8 Å². The van der Waals surface area contributed by atoms with Gasteiger partial charge >= 0.3 is 15.2 Å². The van der Waals surface area contributed by atoms with Gasteiger partial charge in [-0.15, -0.1) is 20.4 Å². The third kappa shape index (κ3) is 140. The van der Waals surface area contributed by atoms with Crippen molar-refractivity contribution in [3.63, 3.8) is 0 Å². The number of rotatable bonds is 29. The van der Waals surface area contributed by atoms with Crippen LogP contribution >= 0.6 is 15.2 Å². The largest absolute Gasteiger partial charge is 0.328 e. The maximum Gasteiger partial charge on any atom is 0.328 e. The molecule has 2 aromatic rings. The molecule has 0 aliphatic heterocycles. The topological polar surface area (TPSA) is 746 Å². The zero-order valence-corrected chi connectivity index (χ0v) is 88.9. The van der Waals surface area contributed by atoms with Gasteiger partial charge in [0.1, 0.15) is 45.0 Å². The number of imide groups is 2. The van der Waals surface area contributed by atoms with Crippen LogP contribution in [0.1, 0.15) is 258 Å². The molecule has 14 N–H and O–H groups in total. The molecule has 8 amide bonds. The Labute approximate surface area is 760 Å². The van der Waals surface area contributed by atoms with Crippen LogP contribution in [0.3, 0.4) is 0 Å². The van der Waals surface area contributed by atoms with Gasteiger partial charge in [-0.25, -0.2) is 42.1 Å². The second kappa shape index (κ2) is 76.4. The van der Waals surface area contributed by atoms with E-state index in [2.05, 4.69) is 75.2 Å². The molecule has 0 radical (unpaired) electrons. The van der Waals surface area contributed by atoms with Gasteiger partial charge in [-0.05, 0) is 83.0 Å². The first-order valence-electron chi connectivity index (χ1n) is 39.0. The summed E-state index contributed by atoms with van der Waals surface area (Å²) in [7, 11) is -30.4. The molecule has 2 aromatic heterocycles. The summed E-state index contributed by atoms with van der Waals surface area (Å²) in [4.78, 5) is 139. The van der Waals surface area contributed by atoms with E-state index in [1.807, 2.05) is 78.7 Å². The molecule has 2 unspecified atom stereocenters. The molecule has 46 nitrogen and oxygen atoms in total. The van der Waals surface area contributed by atoms with Gasteiger partial charge in [-0.3, -0.25) is 95.7 Å². The molecule has 758 valence electrons. The molecule has 0 saturated heterocycles. The van der Waals surface area contributed by atoms with Crippen molar-refractivity contribution in [2.24, 2.45) is 59.2 Å². The second-order valence-electron chi connectivity index (χ2n) is 32.5. The van der Waals surface area contributed by atoms with Gasteiger partial charge in [-0.2, -0.15) is 27.3 Å². The van der Waals surface area contributed by atoms with Gasteiger partial charge in [0.25, 0.3) is 20.2 Å². The van der Waals surface area contributed by atoms with Crippen molar-refractivity contribution in [2.45, 2.75) is 269 Å². The number of tetrazole rings is 2. The number of carbonyl (C=O) groups is 10. The number of aromatic amines is 2. The maximum absolute atomic E-state index is 11.0. The van der Waals surface area contributed by atoms with Crippen LogP contribution < -0.4 is 29.5 Å². The fourth-order valence-electron chi connectivity index (χ4n) is 5.96. The van der Waals surface area contributed by atoms with E-state index < -0.39 is 125 Å². The Kier molecular flexibility index (Phi) is 88.2. The number of hydrogen-bond donors (Lipinski definition) is 14. The molecule has 56 heteroatoms. The number of Topliss-reactive ketones (excluding diaryl/α,β-unsaturated/α-hetero) is 2. The quantitative estimate of drug-likeness (QED) is 0.0363. The zero-order valence-electron chi connectivity index (χ0n) is 80.6. The first-order valence-corrected chi connectivity index (χ1v) is 56.1. The van der Waals surface area contributed by atoms with Crippen LogP contribution in [-0.2, 0) is 145 Å². The molecule has 0 bridgehead atoms. The van der Waals surface area contributed by atoms with Crippen molar-refractivity contribution in [1.29, 1.82) is 0 Å². The lowest BCUT2D eigenvalue weighted by Gasteiger charge is -2.04. The smallest absolute Gasteiger partial charge is 0.324 e.